The number of aryl methyl sites for hydroxylation is 1. The Kier molecular flexibility index (Phi) is 5.41. The van der Waals surface area contributed by atoms with Crippen LogP contribution in [0.25, 0.3) is 0 Å². The van der Waals surface area contributed by atoms with Crippen molar-refractivity contribution in [1.82, 2.24) is 4.90 Å². The van der Waals surface area contributed by atoms with E-state index in [1.54, 1.807) is 4.90 Å². The number of nitrogens with two attached hydrogens (primary N) is 1. The topological polar surface area (TPSA) is 55.6 Å². The van der Waals surface area contributed by atoms with Crippen LogP contribution in [-0.2, 0) is 16.0 Å². The van der Waals surface area contributed by atoms with E-state index in [1.807, 2.05) is 31.3 Å². The van der Waals surface area contributed by atoms with E-state index < -0.39 is 0 Å². The average Bonchev–Trinajstić information content (AvgIpc) is 2.47. The summed E-state index contributed by atoms with van der Waals surface area (Å²) < 4.78 is 5.67. The van der Waals surface area contributed by atoms with E-state index in [1.165, 1.54) is 6.42 Å². The van der Waals surface area contributed by atoms with Crippen LogP contribution in [-0.4, -0.2) is 37.1 Å². The summed E-state index contributed by atoms with van der Waals surface area (Å²) >= 11 is 0. The van der Waals surface area contributed by atoms with Gasteiger partial charge in [0, 0.05) is 32.3 Å². The highest BCUT2D eigenvalue weighted by Gasteiger charge is 2.18. The van der Waals surface area contributed by atoms with Crippen molar-refractivity contribution in [3.05, 3.63) is 29.8 Å². The molecule has 4 heteroatoms. The molecule has 4 nitrogen and oxygen atoms in total. The summed E-state index contributed by atoms with van der Waals surface area (Å²) in [7, 11) is 1.86. The van der Waals surface area contributed by atoms with Crippen LogP contribution in [0.1, 0.15) is 31.2 Å². The minimum Gasteiger partial charge on any atom is -0.399 e. The number of hydrogen-bond donors (Lipinski definition) is 1. The lowest BCUT2D eigenvalue weighted by atomic mass is 10.1. The van der Waals surface area contributed by atoms with Crippen molar-refractivity contribution in [3.63, 3.8) is 0 Å². The number of rotatable bonds is 5. The zero-order valence-corrected chi connectivity index (χ0v) is 12.2. The molecule has 1 saturated heterocycles. The van der Waals surface area contributed by atoms with Crippen molar-refractivity contribution in [2.24, 2.45) is 0 Å². The van der Waals surface area contributed by atoms with Gasteiger partial charge in [-0.1, -0.05) is 18.2 Å². The van der Waals surface area contributed by atoms with Crippen LogP contribution in [0, 0.1) is 0 Å². The van der Waals surface area contributed by atoms with Crippen LogP contribution in [0.15, 0.2) is 24.3 Å². The number of carbonyl (C=O) groups is 1. The number of para-hydroxylation sites is 1. The lowest BCUT2D eigenvalue weighted by molar-refractivity contribution is -0.132. The minimum absolute atomic E-state index is 0.155. The Labute approximate surface area is 120 Å². The normalized spacial score (nSPS) is 18.8. The Morgan fingerprint density at radius 1 is 1.40 bits per heavy atom. The number of benzene rings is 1. The second-order valence-electron chi connectivity index (χ2n) is 5.46. The highest BCUT2D eigenvalue weighted by atomic mass is 16.5. The molecule has 0 aromatic heterocycles. The van der Waals surface area contributed by atoms with Gasteiger partial charge in [-0.05, 0) is 37.3 Å². The first kappa shape index (κ1) is 14.9. The van der Waals surface area contributed by atoms with E-state index in [2.05, 4.69) is 0 Å². The summed E-state index contributed by atoms with van der Waals surface area (Å²) in [5.74, 6) is 0.155. The Balaban J connectivity index is 1.77. The second-order valence-corrected chi connectivity index (χ2v) is 5.46. The van der Waals surface area contributed by atoms with E-state index in [-0.39, 0.29) is 12.0 Å². The van der Waals surface area contributed by atoms with Crippen molar-refractivity contribution in [2.75, 3.05) is 25.9 Å². The molecule has 2 N–H and O–H groups in total. The number of amides is 1. The molecule has 0 spiro atoms. The molecule has 0 bridgehead atoms. The summed E-state index contributed by atoms with van der Waals surface area (Å²) in [5.41, 5.74) is 7.69. The second kappa shape index (κ2) is 7.29. The molecule has 0 radical (unpaired) electrons. The van der Waals surface area contributed by atoms with Crippen molar-refractivity contribution < 1.29 is 9.53 Å². The molecule has 20 heavy (non-hydrogen) atoms. The van der Waals surface area contributed by atoms with E-state index in [0.29, 0.717) is 19.4 Å². The van der Waals surface area contributed by atoms with E-state index in [4.69, 9.17) is 10.5 Å². The number of likely N-dealkylation sites (N-methyl/N-ethyl adjacent to an activating group) is 1. The van der Waals surface area contributed by atoms with E-state index in [9.17, 15) is 4.79 Å². The fraction of sp³-hybridized carbons (Fsp3) is 0.562. The van der Waals surface area contributed by atoms with Gasteiger partial charge in [0.25, 0.3) is 0 Å². The highest BCUT2D eigenvalue weighted by molar-refractivity contribution is 5.76. The molecule has 110 valence electrons. The van der Waals surface area contributed by atoms with Crippen molar-refractivity contribution in [1.29, 1.82) is 0 Å². The van der Waals surface area contributed by atoms with Crippen LogP contribution >= 0.6 is 0 Å². The van der Waals surface area contributed by atoms with Gasteiger partial charge in [-0.15, -0.1) is 0 Å². The van der Waals surface area contributed by atoms with Gasteiger partial charge in [0.15, 0.2) is 0 Å². The summed E-state index contributed by atoms with van der Waals surface area (Å²) in [5, 5.41) is 0. The maximum absolute atomic E-state index is 12.1. The first-order valence-electron chi connectivity index (χ1n) is 7.36. The zero-order chi connectivity index (χ0) is 14.4. The van der Waals surface area contributed by atoms with E-state index in [0.717, 1.165) is 30.7 Å². The molecule has 1 aliphatic rings. The van der Waals surface area contributed by atoms with Crippen LogP contribution in [0.4, 0.5) is 5.69 Å². The van der Waals surface area contributed by atoms with Crippen LogP contribution in [0.5, 0.6) is 0 Å². The third-order valence-corrected chi connectivity index (χ3v) is 3.84. The fourth-order valence-corrected chi connectivity index (χ4v) is 2.55. The lowest BCUT2D eigenvalue weighted by Gasteiger charge is -2.27. The maximum Gasteiger partial charge on any atom is 0.222 e. The third kappa shape index (κ3) is 4.23. The molecule has 1 aromatic carbocycles. The standard InChI is InChI=1S/C16H24N2O2/c1-18(12-14-7-4-5-11-20-14)16(19)10-9-13-6-2-3-8-15(13)17/h2-3,6,8,14H,4-5,7,9-12,17H2,1H3. The van der Waals surface area contributed by atoms with Crippen LogP contribution in [0.3, 0.4) is 0 Å². The summed E-state index contributed by atoms with van der Waals surface area (Å²) in [6.07, 6.45) is 4.80. The Hall–Kier alpha value is -1.55. The molecule has 1 unspecified atom stereocenters. The van der Waals surface area contributed by atoms with E-state index >= 15 is 0 Å². The zero-order valence-electron chi connectivity index (χ0n) is 12.2. The lowest BCUT2D eigenvalue weighted by Crippen LogP contribution is -2.37. The Morgan fingerprint density at radius 3 is 2.90 bits per heavy atom. The van der Waals surface area contributed by atoms with Crippen LogP contribution in [0.2, 0.25) is 0 Å². The summed E-state index contributed by atoms with van der Waals surface area (Å²) in [6, 6.07) is 7.72. The molecule has 0 saturated carbocycles. The molecule has 1 heterocycles. The Bertz CT molecular complexity index is 442. The van der Waals surface area contributed by atoms with Gasteiger partial charge in [0.1, 0.15) is 0 Å². The predicted octanol–water partition coefficient (Wildman–Crippen LogP) is 2.23. The predicted molar refractivity (Wildman–Crippen MR) is 80.4 cm³/mol. The smallest absolute Gasteiger partial charge is 0.222 e. The van der Waals surface area contributed by atoms with Gasteiger partial charge in [-0.2, -0.15) is 0 Å². The first-order valence-corrected chi connectivity index (χ1v) is 7.36. The number of carbonyl (C=O) groups excluding carboxylic acids is 1. The van der Waals surface area contributed by atoms with Crippen molar-refractivity contribution in [3.8, 4) is 0 Å². The van der Waals surface area contributed by atoms with Crippen molar-refractivity contribution >= 4 is 11.6 Å². The van der Waals surface area contributed by atoms with Crippen LogP contribution < -0.4 is 5.73 Å². The Morgan fingerprint density at radius 2 is 2.20 bits per heavy atom. The monoisotopic (exact) mass is 276 g/mol. The third-order valence-electron chi connectivity index (χ3n) is 3.84. The SMILES string of the molecule is CN(CC1CCCCO1)C(=O)CCc1ccccc1N. The fourth-order valence-electron chi connectivity index (χ4n) is 2.55. The maximum atomic E-state index is 12.1. The number of nitrogens with zero attached hydrogens (tertiary/aromatic N) is 1. The number of nitrogen functional groups attached to an aromatic ring is 1. The molecule has 1 atom stereocenters. The molecule has 1 fully saturated rings. The molecule has 0 aliphatic carbocycles. The molecular weight excluding hydrogens is 252 g/mol. The van der Waals surface area contributed by atoms with Gasteiger partial charge in [0.05, 0.1) is 6.10 Å². The number of anilines is 1. The molecule has 1 aliphatic heterocycles. The largest absolute Gasteiger partial charge is 0.399 e. The highest BCUT2D eigenvalue weighted by Crippen LogP contribution is 2.15. The molecule has 1 amide bonds. The number of ether oxygens (including phenoxy) is 1. The quantitative estimate of drug-likeness (QED) is 0.839. The van der Waals surface area contributed by atoms with Crippen molar-refractivity contribution in [2.45, 2.75) is 38.2 Å². The van der Waals surface area contributed by atoms with Gasteiger partial charge >= 0.3 is 0 Å². The average molecular weight is 276 g/mol. The molecule has 2 rings (SSSR count). The summed E-state index contributed by atoms with van der Waals surface area (Å²) in [6.45, 7) is 1.52. The van der Waals surface area contributed by atoms with Gasteiger partial charge < -0.3 is 15.4 Å². The summed E-state index contributed by atoms with van der Waals surface area (Å²) in [4.78, 5) is 13.9. The molecular formula is C16H24N2O2. The van der Waals surface area contributed by atoms with Gasteiger partial charge in [-0.25, -0.2) is 0 Å². The van der Waals surface area contributed by atoms with Gasteiger partial charge in [0.2, 0.25) is 5.91 Å². The number of hydrogen-bond acceptors (Lipinski definition) is 3. The van der Waals surface area contributed by atoms with Gasteiger partial charge in [-0.3, -0.25) is 4.79 Å². The minimum atomic E-state index is 0.155. The first-order chi connectivity index (χ1) is 9.66. The molecule has 1 aromatic rings.